The van der Waals surface area contributed by atoms with E-state index in [-0.39, 0.29) is 0 Å². The van der Waals surface area contributed by atoms with E-state index in [9.17, 15) is 9.90 Å². The predicted octanol–water partition coefficient (Wildman–Crippen LogP) is 0.555. The van der Waals surface area contributed by atoms with Gasteiger partial charge in [0.05, 0.1) is 5.69 Å². The summed E-state index contributed by atoms with van der Waals surface area (Å²) in [5, 5.41) is 12.2. The SMILES string of the molecule is CC(C)(O)c1ccc(CNC=O)cn1. The van der Waals surface area contributed by atoms with Crippen molar-refractivity contribution in [3.8, 4) is 0 Å². The summed E-state index contributed by atoms with van der Waals surface area (Å²) in [7, 11) is 0. The molecule has 0 aromatic carbocycles. The molecule has 0 atom stereocenters. The maximum Gasteiger partial charge on any atom is 0.207 e. The lowest BCUT2D eigenvalue weighted by atomic mass is 10.0. The van der Waals surface area contributed by atoms with Gasteiger partial charge in [-0.3, -0.25) is 9.78 Å². The fourth-order valence-corrected chi connectivity index (χ4v) is 1.05. The Labute approximate surface area is 83.0 Å². The Morgan fingerprint density at radius 2 is 2.29 bits per heavy atom. The third-order valence-electron chi connectivity index (χ3n) is 1.84. The highest BCUT2D eigenvalue weighted by atomic mass is 16.3. The van der Waals surface area contributed by atoms with Gasteiger partial charge in [0.25, 0.3) is 0 Å². The third-order valence-corrected chi connectivity index (χ3v) is 1.84. The predicted molar refractivity (Wildman–Crippen MR) is 52.4 cm³/mol. The minimum atomic E-state index is -0.920. The molecule has 1 heterocycles. The van der Waals surface area contributed by atoms with E-state index in [1.165, 1.54) is 0 Å². The van der Waals surface area contributed by atoms with E-state index in [0.717, 1.165) is 5.56 Å². The lowest BCUT2D eigenvalue weighted by molar-refractivity contribution is -0.109. The van der Waals surface area contributed by atoms with Crippen LogP contribution in [0, 0.1) is 0 Å². The fraction of sp³-hybridized carbons (Fsp3) is 0.400. The molecule has 0 aliphatic carbocycles. The number of pyridine rings is 1. The maximum absolute atomic E-state index is 10.0. The van der Waals surface area contributed by atoms with Gasteiger partial charge in [-0.15, -0.1) is 0 Å². The van der Waals surface area contributed by atoms with E-state index in [0.29, 0.717) is 18.6 Å². The van der Waals surface area contributed by atoms with Crippen molar-refractivity contribution in [3.63, 3.8) is 0 Å². The molecule has 0 aliphatic heterocycles. The average Bonchev–Trinajstić information content (AvgIpc) is 2.14. The van der Waals surface area contributed by atoms with Crippen LogP contribution in [-0.4, -0.2) is 16.5 Å². The number of nitrogens with zero attached hydrogens (tertiary/aromatic N) is 1. The summed E-state index contributed by atoms with van der Waals surface area (Å²) in [6.07, 6.45) is 2.29. The second-order valence-corrected chi connectivity index (χ2v) is 3.61. The van der Waals surface area contributed by atoms with E-state index in [2.05, 4.69) is 10.3 Å². The molecule has 0 fully saturated rings. The van der Waals surface area contributed by atoms with Crippen molar-refractivity contribution in [2.24, 2.45) is 0 Å². The van der Waals surface area contributed by atoms with Gasteiger partial charge in [-0.05, 0) is 25.5 Å². The molecular weight excluding hydrogens is 180 g/mol. The highest BCUT2D eigenvalue weighted by molar-refractivity contribution is 5.46. The summed E-state index contributed by atoms with van der Waals surface area (Å²) in [5.41, 5.74) is 0.605. The molecule has 1 aromatic rings. The molecule has 0 spiro atoms. The standard InChI is InChI=1S/C10H14N2O2/c1-10(2,14)9-4-3-8(6-12-9)5-11-7-13/h3-4,6-7,14H,5H2,1-2H3,(H,11,13). The molecule has 0 saturated heterocycles. The minimum absolute atomic E-state index is 0.461. The Bertz CT molecular complexity index is 301. The van der Waals surface area contributed by atoms with E-state index in [1.807, 2.05) is 6.07 Å². The summed E-state index contributed by atoms with van der Waals surface area (Å²) >= 11 is 0. The second-order valence-electron chi connectivity index (χ2n) is 3.61. The first-order chi connectivity index (χ1) is 6.54. The second kappa shape index (κ2) is 4.19. The molecule has 4 nitrogen and oxygen atoms in total. The van der Waals surface area contributed by atoms with E-state index < -0.39 is 5.60 Å². The van der Waals surface area contributed by atoms with Gasteiger partial charge in [0.15, 0.2) is 0 Å². The molecule has 4 heteroatoms. The van der Waals surface area contributed by atoms with E-state index in [1.54, 1.807) is 26.1 Å². The molecule has 76 valence electrons. The lowest BCUT2D eigenvalue weighted by Crippen LogP contribution is -2.18. The van der Waals surface area contributed by atoms with Crippen LogP contribution in [0.25, 0.3) is 0 Å². The number of carbonyl (C=O) groups excluding carboxylic acids is 1. The quantitative estimate of drug-likeness (QED) is 0.688. The number of nitrogens with one attached hydrogen (secondary N) is 1. The van der Waals surface area contributed by atoms with Gasteiger partial charge in [-0.1, -0.05) is 6.07 Å². The fourth-order valence-electron chi connectivity index (χ4n) is 1.05. The van der Waals surface area contributed by atoms with Gasteiger partial charge in [0.2, 0.25) is 6.41 Å². The molecule has 0 radical (unpaired) electrons. The van der Waals surface area contributed by atoms with Crippen molar-refractivity contribution in [1.29, 1.82) is 0 Å². The van der Waals surface area contributed by atoms with Crippen LogP contribution >= 0.6 is 0 Å². The molecule has 1 aromatic heterocycles. The zero-order valence-corrected chi connectivity index (χ0v) is 8.32. The molecule has 14 heavy (non-hydrogen) atoms. The zero-order chi connectivity index (χ0) is 10.6. The molecule has 0 aliphatic rings. The monoisotopic (exact) mass is 194 g/mol. The smallest absolute Gasteiger partial charge is 0.207 e. The lowest BCUT2D eigenvalue weighted by Gasteiger charge is -2.16. The summed E-state index contributed by atoms with van der Waals surface area (Å²) in [5.74, 6) is 0. The topological polar surface area (TPSA) is 62.2 Å². The molecule has 1 rings (SSSR count). The molecular formula is C10H14N2O2. The minimum Gasteiger partial charge on any atom is -0.384 e. The van der Waals surface area contributed by atoms with Crippen molar-refractivity contribution in [1.82, 2.24) is 10.3 Å². The number of hydrogen-bond donors (Lipinski definition) is 2. The van der Waals surface area contributed by atoms with E-state index >= 15 is 0 Å². The average molecular weight is 194 g/mol. The van der Waals surface area contributed by atoms with Crippen LogP contribution in [0.4, 0.5) is 0 Å². The zero-order valence-electron chi connectivity index (χ0n) is 8.32. The summed E-state index contributed by atoms with van der Waals surface area (Å²) in [6.45, 7) is 3.82. The Morgan fingerprint density at radius 1 is 1.57 bits per heavy atom. The van der Waals surface area contributed by atoms with E-state index in [4.69, 9.17) is 0 Å². The molecule has 2 N–H and O–H groups in total. The number of hydrogen-bond acceptors (Lipinski definition) is 3. The highest BCUT2D eigenvalue weighted by Crippen LogP contribution is 2.16. The summed E-state index contributed by atoms with van der Waals surface area (Å²) in [6, 6.07) is 3.58. The van der Waals surface area contributed by atoms with Gasteiger partial charge >= 0.3 is 0 Å². The third kappa shape index (κ3) is 2.81. The number of carbonyl (C=O) groups is 1. The summed E-state index contributed by atoms with van der Waals surface area (Å²) < 4.78 is 0. The van der Waals surface area contributed by atoms with Gasteiger partial charge in [0, 0.05) is 12.7 Å². The van der Waals surface area contributed by atoms with Crippen molar-refractivity contribution in [3.05, 3.63) is 29.6 Å². The first kappa shape index (κ1) is 10.7. The largest absolute Gasteiger partial charge is 0.384 e. The Hall–Kier alpha value is -1.42. The Kier molecular flexibility index (Phi) is 3.19. The van der Waals surface area contributed by atoms with Crippen LogP contribution in [-0.2, 0) is 16.9 Å². The molecule has 0 bridgehead atoms. The first-order valence-corrected chi connectivity index (χ1v) is 4.39. The van der Waals surface area contributed by atoms with Gasteiger partial charge in [-0.2, -0.15) is 0 Å². The van der Waals surface area contributed by atoms with Gasteiger partial charge in [-0.25, -0.2) is 0 Å². The summed E-state index contributed by atoms with van der Waals surface area (Å²) in [4.78, 5) is 14.1. The number of rotatable bonds is 4. The Morgan fingerprint density at radius 3 is 2.71 bits per heavy atom. The number of aromatic nitrogens is 1. The highest BCUT2D eigenvalue weighted by Gasteiger charge is 2.16. The molecule has 1 amide bonds. The van der Waals surface area contributed by atoms with Crippen LogP contribution in [0.3, 0.4) is 0 Å². The van der Waals surface area contributed by atoms with Crippen LogP contribution in [0.5, 0.6) is 0 Å². The maximum atomic E-state index is 10.0. The van der Waals surface area contributed by atoms with Crippen LogP contribution in [0.2, 0.25) is 0 Å². The first-order valence-electron chi connectivity index (χ1n) is 4.39. The van der Waals surface area contributed by atoms with Crippen LogP contribution in [0.15, 0.2) is 18.3 Å². The number of aliphatic hydroxyl groups is 1. The molecule has 0 unspecified atom stereocenters. The normalized spacial score (nSPS) is 11.1. The van der Waals surface area contributed by atoms with Crippen molar-refractivity contribution < 1.29 is 9.90 Å². The number of amides is 1. The van der Waals surface area contributed by atoms with Crippen LogP contribution in [0.1, 0.15) is 25.1 Å². The van der Waals surface area contributed by atoms with Crippen LogP contribution < -0.4 is 5.32 Å². The van der Waals surface area contributed by atoms with Crippen molar-refractivity contribution in [2.75, 3.05) is 0 Å². The van der Waals surface area contributed by atoms with Gasteiger partial charge < -0.3 is 10.4 Å². The van der Waals surface area contributed by atoms with Crippen molar-refractivity contribution in [2.45, 2.75) is 26.0 Å². The van der Waals surface area contributed by atoms with Gasteiger partial charge in [0.1, 0.15) is 5.60 Å². The Balaban J connectivity index is 2.73. The molecule has 0 saturated carbocycles. The van der Waals surface area contributed by atoms with Crippen molar-refractivity contribution >= 4 is 6.41 Å².